The average Bonchev–Trinajstić information content (AvgIpc) is 2.87. The van der Waals surface area contributed by atoms with Gasteiger partial charge in [-0.3, -0.25) is 0 Å². The number of aromatic nitrogens is 1. The topological polar surface area (TPSA) is 68.7 Å². The van der Waals surface area contributed by atoms with Crippen LogP contribution in [0.25, 0.3) is 10.6 Å². The zero-order chi connectivity index (χ0) is 13.1. The molecule has 2 aromatic rings. The van der Waals surface area contributed by atoms with Crippen LogP contribution in [0.4, 0.5) is 0 Å². The summed E-state index contributed by atoms with van der Waals surface area (Å²) in [5.41, 5.74) is 0.806. The van der Waals surface area contributed by atoms with Crippen LogP contribution in [0, 0.1) is 0 Å². The van der Waals surface area contributed by atoms with Gasteiger partial charge in [-0.15, -0.1) is 11.3 Å². The molecule has 2 rings (SSSR count). The first kappa shape index (κ1) is 12.4. The summed E-state index contributed by atoms with van der Waals surface area (Å²) in [5, 5.41) is 11.0. The normalized spacial score (nSPS) is 10.1. The van der Waals surface area contributed by atoms with Gasteiger partial charge >= 0.3 is 5.97 Å². The minimum Gasteiger partial charge on any atom is -0.497 e. The molecule has 0 atom stereocenters. The molecule has 0 aliphatic heterocycles. The van der Waals surface area contributed by atoms with E-state index in [0.717, 1.165) is 5.56 Å². The number of aromatic carboxylic acids is 1. The zero-order valence-electron chi connectivity index (χ0n) is 9.84. The predicted molar refractivity (Wildman–Crippen MR) is 67.6 cm³/mol. The third-order valence-electron chi connectivity index (χ3n) is 2.32. The van der Waals surface area contributed by atoms with Crippen LogP contribution in [-0.4, -0.2) is 30.3 Å². The van der Waals surface area contributed by atoms with Crippen molar-refractivity contribution in [3.8, 4) is 22.1 Å². The molecule has 0 aliphatic carbocycles. The second kappa shape index (κ2) is 5.05. The molecular weight excluding hydrogens is 254 g/mol. The molecule has 1 aromatic carbocycles. The van der Waals surface area contributed by atoms with E-state index in [2.05, 4.69) is 4.98 Å². The van der Waals surface area contributed by atoms with Crippen LogP contribution in [0.15, 0.2) is 23.6 Å². The number of thiazole rings is 1. The fourth-order valence-electron chi connectivity index (χ4n) is 1.44. The quantitative estimate of drug-likeness (QED) is 0.920. The fourth-order valence-corrected chi connectivity index (χ4v) is 2.22. The Kier molecular flexibility index (Phi) is 3.47. The molecular formula is C12H11NO4S. The Morgan fingerprint density at radius 2 is 1.83 bits per heavy atom. The number of carbonyl (C=O) groups is 1. The molecule has 1 aromatic heterocycles. The Labute approximate surface area is 108 Å². The molecule has 1 heterocycles. The lowest BCUT2D eigenvalue weighted by atomic mass is 10.2. The van der Waals surface area contributed by atoms with E-state index in [1.807, 2.05) is 0 Å². The van der Waals surface area contributed by atoms with Crippen LogP contribution in [-0.2, 0) is 0 Å². The van der Waals surface area contributed by atoms with Crippen LogP contribution in [0.3, 0.4) is 0 Å². The number of carboxylic acid groups (broad SMARTS) is 1. The number of ether oxygens (including phenoxy) is 2. The monoisotopic (exact) mass is 265 g/mol. The van der Waals surface area contributed by atoms with Crippen molar-refractivity contribution in [2.75, 3.05) is 14.2 Å². The van der Waals surface area contributed by atoms with Gasteiger partial charge < -0.3 is 14.6 Å². The number of rotatable bonds is 4. The third-order valence-corrected chi connectivity index (χ3v) is 3.21. The van der Waals surface area contributed by atoms with Crippen molar-refractivity contribution in [2.24, 2.45) is 0 Å². The smallest absolute Gasteiger partial charge is 0.355 e. The van der Waals surface area contributed by atoms with Gasteiger partial charge in [0.05, 0.1) is 14.2 Å². The fraction of sp³-hybridized carbons (Fsp3) is 0.167. The molecule has 18 heavy (non-hydrogen) atoms. The van der Waals surface area contributed by atoms with Crippen molar-refractivity contribution in [1.29, 1.82) is 0 Å². The second-order valence-electron chi connectivity index (χ2n) is 3.44. The molecule has 5 nitrogen and oxygen atoms in total. The van der Waals surface area contributed by atoms with Crippen molar-refractivity contribution in [1.82, 2.24) is 4.98 Å². The van der Waals surface area contributed by atoms with Crippen LogP contribution in [0.2, 0.25) is 0 Å². The molecule has 0 saturated heterocycles. The maximum Gasteiger partial charge on any atom is 0.355 e. The van der Waals surface area contributed by atoms with Gasteiger partial charge in [0.2, 0.25) is 0 Å². The lowest BCUT2D eigenvalue weighted by Gasteiger charge is -2.06. The summed E-state index contributed by atoms with van der Waals surface area (Å²) < 4.78 is 10.3. The lowest BCUT2D eigenvalue weighted by Crippen LogP contribution is -1.95. The molecule has 0 fully saturated rings. The molecule has 0 spiro atoms. The summed E-state index contributed by atoms with van der Waals surface area (Å²) in [4.78, 5) is 14.8. The summed E-state index contributed by atoms with van der Waals surface area (Å²) in [5.74, 6) is 0.236. The molecule has 0 unspecified atom stereocenters. The van der Waals surface area contributed by atoms with E-state index in [4.69, 9.17) is 14.6 Å². The number of hydrogen-bond acceptors (Lipinski definition) is 5. The van der Waals surface area contributed by atoms with E-state index in [1.165, 1.54) is 16.7 Å². The van der Waals surface area contributed by atoms with Crippen LogP contribution < -0.4 is 9.47 Å². The van der Waals surface area contributed by atoms with Crippen molar-refractivity contribution < 1.29 is 19.4 Å². The number of methoxy groups -OCH3 is 2. The molecule has 0 bridgehead atoms. The molecule has 94 valence electrons. The SMILES string of the molecule is COc1cc(OC)cc(-c2nc(C(=O)O)cs2)c1. The molecule has 6 heteroatoms. The van der Waals surface area contributed by atoms with Crippen molar-refractivity contribution >= 4 is 17.3 Å². The first-order valence-corrected chi connectivity index (χ1v) is 5.94. The van der Waals surface area contributed by atoms with E-state index >= 15 is 0 Å². The van der Waals surface area contributed by atoms with E-state index < -0.39 is 5.97 Å². The Bertz CT molecular complexity index is 557. The van der Waals surface area contributed by atoms with E-state index in [9.17, 15) is 4.79 Å². The highest BCUT2D eigenvalue weighted by Gasteiger charge is 2.12. The molecule has 0 aliphatic rings. The predicted octanol–water partition coefficient (Wildman–Crippen LogP) is 2.53. The largest absolute Gasteiger partial charge is 0.497 e. The second-order valence-corrected chi connectivity index (χ2v) is 4.30. The van der Waals surface area contributed by atoms with Gasteiger partial charge in [0.15, 0.2) is 5.69 Å². The summed E-state index contributed by atoms with van der Waals surface area (Å²) in [6.07, 6.45) is 0. The Morgan fingerprint density at radius 3 is 2.28 bits per heavy atom. The number of hydrogen-bond donors (Lipinski definition) is 1. The summed E-state index contributed by atoms with van der Waals surface area (Å²) >= 11 is 1.27. The van der Waals surface area contributed by atoms with Gasteiger partial charge in [0, 0.05) is 17.0 Å². The first-order valence-electron chi connectivity index (χ1n) is 5.06. The standard InChI is InChI=1S/C12H11NO4S/c1-16-8-3-7(4-9(5-8)17-2)11-13-10(6-18-11)12(14)15/h3-6H,1-2H3,(H,14,15). The van der Waals surface area contributed by atoms with E-state index in [-0.39, 0.29) is 5.69 Å². The highest BCUT2D eigenvalue weighted by atomic mass is 32.1. The van der Waals surface area contributed by atoms with Gasteiger partial charge in [-0.2, -0.15) is 0 Å². The maximum absolute atomic E-state index is 10.8. The number of nitrogens with zero attached hydrogens (tertiary/aromatic N) is 1. The van der Waals surface area contributed by atoms with E-state index in [1.54, 1.807) is 32.4 Å². The zero-order valence-corrected chi connectivity index (χ0v) is 10.7. The van der Waals surface area contributed by atoms with Crippen LogP contribution in [0.5, 0.6) is 11.5 Å². The Hall–Kier alpha value is -2.08. The van der Waals surface area contributed by atoms with Crippen molar-refractivity contribution in [3.63, 3.8) is 0 Å². The highest BCUT2D eigenvalue weighted by Crippen LogP contribution is 2.31. The maximum atomic E-state index is 10.8. The molecule has 0 saturated carbocycles. The summed E-state index contributed by atoms with van der Waals surface area (Å²) in [7, 11) is 3.12. The Balaban J connectivity index is 2.45. The van der Waals surface area contributed by atoms with Gasteiger partial charge in [0.1, 0.15) is 16.5 Å². The molecule has 0 amide bonds. The Morgan fingerprint density at radius 1 is 1.22 bits per heavy atom. The van der Waals surface area contributed by atoms with Gasteiger partial charge in [-0.25, -0.2) is 9.78 Å². The average molecular weight is 265 g/mol. The van der Waals surface area contributed by atoms with Crippen molar-refractivity contribution in [2.45, 2.75) is 0 Å². The summed E-state index contributed by atoms with van der Waals surface area (Å²) in [6, 6.07) is 5.31. The minimum atomic E-state index is -1.03. The van der Waals surface area contributed by atoms with E-state index in [0.29, 0.717) is 16.5 Å². The van der Waals surface area contributed by atoms with Crippen LogP contribution in [0.1, 0.15) is 10.5 Å². The number of carboxylic acids is 1. The van der Waals surface area contributed by atoms with Gasteiger partial charge in [-0.05, 0) is 12.1 Å². The van der Waals surface area contributed by atoms with Crippen molar-refractivity contribution in [3.05, 3.63) is 29.3 Å². The summed E-state index contributed by atoms with van der Waals surface area (Å²) in [6.45, 7) is 0. The van der Waals surface area contributed by atoms with Crippen LogP contribution >= 0.6 is 11.3 Å². The van der Waals surface area contributed by atoms with Gasteiger partial charge in [-0.1, -0.05) is 0 Å². The molecule has 0 radical (unpaired) electrons. The third kappa shape index (κ3) is 2.43. The number of benzene rings is 1. The van der Waals surface area contributed by atoms with Gasteiger partial charge in [0.25, 0.3) is 0 Å². The lowest BCUT2D eigenvalue weighted by molar-refractivity contribution is 0.0691. The minimum absolute atomic E-state index is 0.0387. The molecule has 1 N–H and O–H groups in total. The highest BCUT2D eigenvalue weighted by molar-refractivity contribution is 7.13. The first-order chi connectivity index (χ1) is 8.63.